The topological polar surface area (TPSA) is 79.4 Å². The second kappa shape index (κ2) is 9.93. The number of fused-ring (bicyclic) bond motifs is 1. The van der Waals surface area contributed by atoms with Crippen molar-refractivity contribution in [3.63, 3.8) is 0 Å². The van der Waals surface area contributed by atoms with Crippen LogP contribution in [0.4, 0.5) is 21.6 Å². The van der Waals surface area contributed by atoms with Crippen molar-refractivity contribution in [2.24, 2.45) is 0 Å². The lowest BCUT2D eigenvalue weighted by atomic mass is 10.1. The molecule has 2 N–H and O–H groups in total. The number of hydrogen-bond donors (Lipinski definition) is 2. The number of methoxy groups -OCH3 is 1. The molecule has 9 heteroatoms. The van der Waals surface area contributed by atoms with Gasteiger partial charge in [-0.05, 0) is 50.2 Å². The van der Waals surface area contributed by atoms with Crippen LogP contribution in [-0.4, -0.2) is 47.5 Å². The number of nitrogens with zero attached hydrogens (tertiary/aromatic N) is 3. The van der Waals surface area contributed by atoms with Gasteiger partial charge in [-0.3, -0.25) is 9.69 Å². The number of carbonyl (C=O) groups excluding carboxylic acids is 1. The zero-order valence-electron chi connectivity index (χ0n) is 17.6. The van der Waals surface area contributed by atoms with E-state index in [-0.39, 0.29) is 10.9 Å². The van der Waals surface area contributed by atoms with Crippen LogP contribution >= 0.6 is 11.6 Å². The average molecular weight is 456 g/mol. The molecule has 0 spiro atoms. The van der Waals surface area contributed by atoms with Crippen molar-refractivity contribution < 1.29 is 13.9 Å². The monoisotopic (exact) mass is 455 g/mol. The molecule has 1 saturated heterocycles. The molecule has 0 radical (unpaired) electrons. The normalized spacial score (nSPS) is 14.2. The van der Waals surface area contributed by atoms with Gasteiger partial charge in [0.05, 0.1) is 23.3 Å². The molecule has 1 aliphatic heterocycles. The molecular weight excluding hydrogens is 433 g/mol. The van der Waals surface area contributed by atoms with Crippen LogP contribution in [0.2, 0.25) is 5.02 Å². The Balaban J connectivity index is 1.57. The minimum atomic E-state index is -0.503. The van der Waals surface area contributed by atoms with Crippen molar-refractivity contribution in [3.8, 4) is 5.75 Å². The van der Waals surface area contributed by atoms with Gasteiger partial charge >= 0.3 is 0 Å². The number of halogens is 2. The van der Waals surface area contributed by atoms with Gasteiger partial charge < -0.3 is 15.4 Å². The molecule has 7 nitrogen and oxygen atoms in total. The molecule has 0 unspecified atom stereocenters. The fraction of sp³-hybridized carbons (Fsp3) is 0.261. The van der Waals surface area contributed by atoms with E-state index in [0.29, 0.717) is 33.8 Å². The van der Waals surface area contributed by atoms with Gasteiger partial charge in [-0.1, -0.05) is 17.7 Å². The van der Waals surface area contributed by atoms with Crippen molar-refractivity contribution in [2.75, 3.05) is 37.4 Å². The van der Waals surface area contributed by atoms with E-state index >= 15 is 0 Å². The fourth-order valence-electron chi connectivity index (χ4n) is 3.61. The zero-order valence-corrected chi connectivity index (χ0v) is 18.3. The predicted molar refractivity (Wildman–Crippen MR) is 124 cm³/mol. The number of carbonyl (C=O) groups is 1. The number of likely N-dealkylation sites (tertiary alicyclic amines) is 1. The lowest BCUT2D eigenvalue weighted by molar-refractivity contribution is -0.111. The first kappa shape index (κ1) is 22.0. The Morgan fingerprint density at radius 1 is 1.25 bits per heavy atom. The molecule has 0 saturated carbocycles. The number of aromatic nitrogens is 2. The SMILES string of the molecule is COc1cc2ncnc(Nc3ccc(F)c(Cl)c3)c2cc1NC(=O)C=CCN1CCCC1. The molecule has 1 aliphatic rings. The number of ether oxygens (including phenoxy) is 1. The van der Waals surface area contributed by atoms with E-state index < -0.39 is 5.82 Å². The van der Waals surface area contributed by atoms with Crippen molar-refractivity contribution in [2.45, 2.75) is 12.8 Å². The third kappa shape index (κ3) is 5.15. The van der Waals surface area contributed by atoms with E-state index in [1.165, 1.54) is 44.5 Å². The molecule has 32 heavy (non-hydrogen) atoms. The van der Waals surface area contributed by atoms with Gasteiger partial charge in [-0.25, -0.2) is 14.4 Å². The van der Waals surface area contributed by atoms with Crippen LogP contribution in [0.5, 0.6) is 5.75 Å². The molecule has 1 amide bonds. The van der Waals surface area contributed by atoms with Gasteiger partial charge in [-0.2, -0.15) is 0 Å². The second-order valence-corrected chi connectivity index (χ2v) is 7.85. The van der Waals surface area contributed by atoms with Crippen molar-refractivity contribution in [3.05, 3.63) is 59.7 Å². The first-order chi connectivity index (χ1) is 15.5. The molecule has 4 rings (SSSR count). The third-order valence-electron chi connectivity index (χ3n) is 5.23. The van der Waals surface area contributed by atoms with Gasteiger partial charge in [0.1, 0.15) is 23.7 Å². The fourth-order valence-corrected chi connectivity index (χ4v) is 3.79. The molecule has 0 aliphatic carbocycles. The quantitative estimate of drug-likeness (QED) is 0.500. The highest BCUT2D eigenvalue weighted by atomic mass is 35.5. The van der Waals surface area contributed by atoms with Gasteiger partial charge in [0.2, 0.25) is 5.91 Å². The Morgan fingerprint density at radius 3 is 2.81 bits per heavy atom. The summed E-state index contributed by atoms with van der Waals surface area (Å²) in [6, 6.07) is 7.78. The molecule has 3 aromatic rings. The Kier molecular flexibility index (Phi) is 6.82. The average Bonchev–Trinajstić information content (AvgIpc) is 3.30. The Labute approximate surface area is 190 Å². The summed E-state index contributed by atoms with van der Waals surface area (Å²) in [6.07, 6.45) is 7.22. The minimum absolute atomic E-state index is 0.00343. The van der Waals surface area contributed by atoms with E-state index in [2.05, 4.69) is 25.5 Å². The summed E-state index contributed by atoms with van der Waals surface area (Å²) in [5.41, 5.74) is 1.68. The first-order valence-electron chi connectivity index (χ1n) is 10.3. The van der Waals surface area contributed by atoms with Gasteiger partial charge in [0.25, 0.3) is 0 Å². The summed E-state index contributed by atoms with van der Waals surface area (Å²) in [7, 11) is 1.53. The van der Waals surface area contributed by atoms with Crippen molar-refractivity contribution in [1.82, 2.24) is 14.9 Å². The highest BCUT2D eigenvalue weighted by Gasteiger charge is 2.13. The van der Waals surface area contributed by atoms with Crippen LogP contribution < -0.4 is 15.4 Å². The van der Waals surface area contributed by atoms with Gasteiger partial charge in [0, 0.05) is 29.8 Å². The smallest absolute Gasteiger partial charge is 0.248 e. The zero-order chi connectivity index (χ0) is 22.5. The Hall–Kier alpha value is -3.23. The lowest BCUT2D eigenvalue weighted by Gasteiger charge is -2.13. The molecule has 2 aromatic carbocycles. The lowest BCUT2D eigenvalue weighted by Crippen LogP contribution is -2.19. The number of hydrogen-bond acceptors (Lipinski definition) is 6. The molecule has 1 aromatic heterocycles. The number of rotatable bonds is 7. The Bertz CT molecular complexity index is 1160. The van der Waals surface area contributed by atoms with Crippen LogP contribution in [0.1, 0.15) is 12.8 Å². The van der Waals surface area contributed by atoms with Gasteiger partial charge in [0.15, 0.2) is 0 Å². The van der Waals surface area contributed by atoms with E-state index in [1.807, 2.05) is 6.08 Å². The number of amides is 1. The van der Waals surface area contributed by atoms with E-state index in [9.17, 15) is 9.18 Å². The van der Waals surface area contributed by atoms with Crippen LogP contribution in [-0.2, 0) is 4.79 Å². The van der Waals surface area contributed by atoms with E-state index in [0.717, 1.165) is 19.6 Å². The molecule has 1 fully saturated rings. The summed E-state index contributed by atoms with van der Waals surface area (Å²) in [5.74, 6) is 0.212. The maximum Gasteiger partial charge on any atom is 0.248 e. The molecular formula is C23H23ClFN5O2. The standard InChI is InChI=1S/C23H23ClFN5O2/c1-32-21-13-19-16(12-20(21)29-22(31)5-4-10-30-8-2-3-9-30)23(27-14-26-19)28-15-6-7-18(25)17(24)11-15/h4-7,11-14H,2-3,8-10H2,1H3,(H,29,31)(H,26,27,28). The summed E-state index contributed by atoms with van der Waals surface area (Å²) in [4.78, 5) is 23.3. The highest BCUT2D eigenvalue weighted by Crippen LogP contribution is 2.33. The molecule has 2 heterocycles. The van der Waals surface area contributed by atoms with Crippen LogP contribution in [0, 0.1) is 5.82 Å². The maximum atomic E-state index is 13.5. The van der Waals surface area contributed by atoms with Crippen LogP contribution in [0.25, 0.3) is 10.9 Å². The van der Waals surface area contributed by atoms with Crippen molar-refractivity contribution in [1.29, 1.82) is 0 Å². The molecule has 0 atom stereocenters. The number of benzene rings is 2. The Morgan fingerprint density at radius 2 is 2.06 bits per heavy atom. The summed E-state index contributed by atoms with van der Waals surface area (Å²) < 4.78 is 18.9. The van der Waals surface area contributed by atoms with Crippen LogP contribution in [0.3, 0.4) is 0 Å². The summed E-state index contributed by atoms with van der Waals surface area (Å²) in [5, 5.41) is 6.65. The molecule has 0 bridgehead atoms. The largest absolute Gasteiger partial charge is 0.494 e. The van der Waals surface area contributed by atoms with Crippen LogP contribution in [0.15, 0.2) is 48.8 Å². The highest BCUT2D eigenvalue weighted by molar-refractivity contribution is 6.31. The molecule has 166 valence electrons. The first-order valence-corrected chi connectivity index (χ1v) is 10.7. The summed E-state index contributed by atoms with van der Waals surface area (Å²) in [6.45, 7) is 2.89. The number of anilines is 3. The van der Waals surface area contributed by atoms with E-state index in [4.69, 9.17) is 16.3 Å². The minimum Gasteiger partial charge on any atom is -0.494 e. The number of nitrogens with one attached hydrogen (secondary N) is 2. The third-order valence-corrected chi connectivity index (χ3v) is 5.52. The van der Waals surface area contributed by atoms with Crippen molar-refractivity contribution >= 4 is 45.6 Å². The second-order valence-electron chi connectivity index (χ2n) is 7.45. The maximum absolute atomic E-state index is 13.5. The summed E-state index contributed by atoms with van der Waals surface area (Å²) >= 11 is 5.88. The van der Waals surface area contributed by atoms with Gasteiger partial charge in [-0.15, -0.1) is 0 Å². The van der Waals surface area contributed by atoms with E-state index in [1.54, 1.807) is 18.2 Å². The predicted octanol–water partition coefficient (Wildman–Crippen LogP) is 4.77.